The van der Waals surface area contributed by atoms with Crippen molar-refractivity contribution in [2.45, 2.75) is 102 Å². The molecule has 0 radical (unpaired) electrons. The molecular formula is C44H55F2N11O5. The normalized spacial score (nSPS) is 22.1. The fourth-order valence-electron chi connectivity index (χ4n) is 9.76. The number of piperidine rings is 2. The van der Waals surface area contributed by atoms with Crippen LogP contribution >= 0.6 is 0 Å². The number of nitrogens with one attached hydrogen (secondary N) is 2. The van der Waals surface area contributed by atoms with Gasteiger partial charge in [-0.15, -0.1) is 0 Å². The minimum Gasteiger partial charge on any atom is -0.380 e. The first-order chi connectivity index (χ1) is 30.2. The van der Waals surface area contributed by atoms with Crippen LogP contribution in [0.2, 0.25) is 0 Å². The number of amides is 3. The Morgan fingerprint density at radius 2 is 1.85 bits per heavy atom. The zero-order valence-electron chi connectivity index (χ0n) is 35.2. The zero-order chi connectivity index (χ0) is 42.7. The third kappa shape index (κ3) is 9.08. The number of rotatable bonds is 13. The van der Waals surface area contributed by atoms with Crippen LogP contribution in [0.25, 0.3) is 16.6 Å². The average Bonchev–Trinajstić information content (AvgIpc) is 3.92. The van der Waals surface area contributed by atoms with Crippen LogP contribution in [-0.4, -0.2) is 115 Å². The summed E-state index contributed by atoms with van der Waals surface area (Å²) in [6.45, 7) is 8.37. The topological polar surface area (TPSA) is 166 Å². The zero-order valence-corrected chi connectivity index (χ0v) is 35.2. The summed E-state index contributed by atoms with van der Waals surface area (Å²) in [6, 6.07) is 7.46. The number of ether oxygens (including phenoxy) is 2. The number of carbonyl (C=O) groups is 3. The summed E-state index contributed by atoms with van der Waals surface area (Å²) < 4.78 is 45.4. The second-order valence-electron chi connectivity index (χ2n) is 17.2. The van der Waals surface area contributed by atoms with E-state index in [1.165, 1.54) is 16.3 Å². The SMILES string of the molecule is Cc1nn(C2CCC(=O)NC2=O)c2cccc(CCCOC3CCN(CC4CCC(n5cc(NC(=O)c6cnn7ccc(N8CCCOCC8)nc67)c(C(F)F)n5)CC4)CC3)c12. The molecule has 9 rings (SSSR count). The minimum atomic E-state index is -2.85. The molecule has 0 spiro atoms. The predicted octanol–water partition coefficient (Wildman–Crippen LogP) is 5.82. The van der Waals surface area contributed by atoms with E-state index in [0.717, 1.165) is 101 Å². The van der Waals surface area contributed by atoms with Crippen LogP contribution in [-0.2, 0) is 25.5 Å². The first kappa shape index (κ1) is 42.0. The second-order valence-corrected chi connectivity index (χ2v) is 17.2. The number of nitrogens with zero attached hydrogens (tertiary/aromatic N) is 9. The van der Waals surface area contributed by atoms with Crippen LogP contribution in [0.4, 0.5) is 20.3 Å². The van der Waals surface area contributed by atoms with E-state index in [9.17, 15) is 23.2 Å². The van der Waals surface area contributed by atoms with E-state index in [1.54, 1.807) is 21.8 Å². The molecule has 7 heterocycles. The van der Waals surface area contributed by atoms with Crippen LogP contribution in [0.3, 0.4) is 0 Å². The summed E-state index contributed by atoms with van der Waals surface area (Å²) in [5.74, 6) is 0.131. The monoisotopic (exact) mass is 855 g/mol. The van der Waals surface area contributed by atoms with Gasteiger partial charge in [-0.3, -0.25) is 29.1 Å². The maximum Gasteiger partial charge on any atom is 0.284 e. The van der Waals surface area contributed by atoms with Gasteiger partial charge < -0.3 is 24.6 Å². The predicted molar refractivity (Wildman–Crippen MR) is 226 cm³/mol. The molecule has 3 amide bonds. The summed E-state index contributed by atoms with van der Waals surface area (Å²) in [6.07, 6.45) is 11.0. The van der Waals surface area contributed by atoms with E-state index >= 15 is 0 Å². The van der Waals surface area contributed by atoms with E-state index in [-0.39, 0.29) is 35.2 Å². The van der Waals surface area contributed by atoms with E-state index in [2.05, 4.69) is 36.7 Å². The minimum absolute atomic E-state index is 0.00359. The third-order valence-corrected chi connectivity index (χ3v) is 13.0. The van der Waals surface area contributed by atoms with Gasteiger partial charge in [-0.25, -0.2) is 18.3 Å². The molecule has 1 aromatic carbocycles. The van der Waals surface area contributed by atoms with Crippen molar-refractivity contribution < 1.29 is 32.6 Å². The lowest BCUT2D eigenvalue weighted by atomic mass is 9.85. The molecule has 4 fully saturated rings. The number of hydrogen-bond donors (Lipinski definition) is 2. The molecule has 1 unspecified atom stereocenters. The third-order valence-electron chi connectivity index (χ3n) is 13.0. The fraction of sp³-hybridized carbons (Fsp3) is 0.568. The number of hydrogen-bond acceptors (Lipinski definition) is 11. The van der Waals surface area contributed by atoms with Crippen LogP contribution in [0.15, 0.2) is 42.9 Å². The maximum atomic E-state index is 14.3. The molecule has 0 bridgehead atoms. The summed E-state index contributed by atoms with van der Waals surface area (Å²) >= 11 is 0. The standard InChI is InChI=1S/C44H55F2N11O5/c1-28-39-30(5-2-7-35(39)57(51-28)36-12-13-38(58)50-44(36)60)6-3-23-62-32-14-18-53(19-15-32)26-29-8-10-31(11-9-29)56-27-34(40(52-56)41(45)46)48-43(59)33-25-47-55-20-16-37(49-42(33)55)54-17-4-22-61-24-21-54/h2,5,7,16,20,25,27,29,31-32,36,41H,3-4,6,8-15,17-19,21-24,26H2,1H3,(H,48,59)(H,50,58,60). The van der Waals surface area contributed by atoms with Gasteiger partial charge in [-0.2, -0.15) is 15.3 Å². The molecule has 16 nitrogen and oxygen atoms in total. The van der Waals surface area contributed by atoms with E-state index in [0.29, 0.717) is 56.6 Å². The number of halogens is 2. The van der Waals surface area contributed by atoms with E-state index < -0.39 is 24.1 Å². The highest BCUT2D eigenvalue weighted by atomic mass is 19.3. The van der Waals surface area contributed by atoms with E-state index in [1.807, 2.05) is 25.1 Å². The van der Waals surface area contributed by atoms with Gasteiger partial charge in [0, 0.05) is 70.1 Å². The summed E-state index contributed by atoms with van der Waals surface area (Å²) in [5.41, 5.74) is 3.10. The lowest BCUT2D eigenvalue weighted by Crippen LogP contribution is -2.42. The van der Waals surface area contributed by atoms with Crippen molar-refractivity contribution in [3.63, 3.8) is 0 Å². The summed E-state index contributed by atoms with van der Waals surface area (Å²) in [4.78, 5) is 47.2. The molecule has 1 atom stereocenters. The second kappa shape index (κ2) is 18.6. The Balaban J connectivity index is 0.725. The Kier molecular flexibility index (Phi) is 12.6. The van der Waals surface area contributed by atoms with Gasteiger partial charge in [-0.05, 0) is 94.7 Å². The van der Waals surface area contributed by atoms with Crippen molar-refractivity contribution in [3.8, 4) is 0 Å². The van der Waals surface area contributed by atoms with Gasteiger partial charge in [0.2, 0.25) is 5.91 Å². The number of aryl methyl sites for hydroxylation is 2. The summed E-state index contributed by atoms with van der Waals surface area (Å²) in [5, 5.41) is 19.5. The van der Waals surface area contributed by atoms with Crippen molar-refractivity contribution in [2.24, 2.45) is 5.92 Å². The van der Waals surface area contributed by atoms with Crippen molar-refractivity contribution in [3.05, 3.63) is 65.4 Å². The van der Waals surface area contributed by atoms with Crippen LogP contribution < -0.4 is 15.5 Å². The van der Waals surface area contributed by atoms with Crippen molar-refractivity contribution in [1.82, 2.24) is 44.4 Å². The largest absolute Gasteiger partial charge is 0.380 e. The van der Waals surface area contributed by atoms with Gasteiger partial charge in [-0.1, -0.05) is 12.1 Å². The Morgan fingerprint density at radius 3 is 2.66 bits per heavy atom. The number of anilines is 2. The molecule has 5 aromatic rings. The number of aromatic nitrogens is 7. The number of likely N-dealkylation sites (tertiary alicyclic amines) is 1. The Morgan fingerprint density at radius 1 is 1.02 bits per heavy atom. The fourth-order valence-corrected chi connectivity index (χ4v) is 9.76. The van der Waals surface area contributed by atoms with Gasteiger partial charge in [0.15, 0.2) is 11.3 Å². The van der Waals surface area contributed by atoms with Crippen LogP contribution in [0, 0.1) is 12.8 Å². The lowest BCUT2D eigenvalue weighted by molar-refractivity contribution is -0.135. The molecular weight excluding hydrogens is 801 g/mol. The highest BCUT2D eigenvalue weighted by Gasteiger charge is 2.32. The highest BCUT2D eigenvalue weighted by Crippen LogP contribution is 2.36. The van der Waals surface area contributed by atoms with Crippen LogP contribution in [0.5, 0.6) is 0 Å². The number of fused-ring (bicyclic) bond motifs is 2. The average molecular weight is 856 g/mol. The molecule has 3 aliphatic heterocycles. The van der Waals surface area contributed by atoms with Crippen molar-refractivity contribution >= 4 is 45.8 Å². The Labute approximate surface area is 358 Å². The smallest absolute Gasteiger partial charge is 0.284 e. The summed E-state index contributed by atoms with van der Waals surface area (Å²) in [7, 11) is 0. The number of carbonyl (C=O) groups excluding carboxylic acids is 3. The van der Waals surface area contributed by atoms with Gasteiger partial charge in [0.25, 0.3) is 18.2 Å². The molecule has 1 aliphatic carbocycles. The maximum absolute atomic E-state index is 14.3. The van der Waals surface area contributed by atoms with Gasteiger partial charge >= 0.3 is 0 Å². The van der Waals surface area contributed by atoms with Crippen LogP contribution in [0.1, 0.15) is 110 Å². The Hall–Kier alpha value is -5.33. The molecule has 4 aliphatic rings. The van der Waals surface area contributed by atoms with Crippen molar-refractivity contribution in [1.29, 1.82) is 0 Å². The Bertz CT molecular complexity index is 2390. The van der Waals surface area contributed by atoms with Gasteiger partial charge in [0.05, 0.1) is 41.8 Å². The molecule has 1 saturated carbocycles. The quantitative estimate of drug-likeness (QED) is 0.108. The molecule has 18 heteroatoms. The molecule has 2 N–H and O–H groups in total. The molecule has 4 aromatic heterocycles. The molecule has 62 heavy (non-hydrogen) atoms. The highest BCUT2D eigenvalue weighted by molar-refractivity contribution is 6.08. The van der Waals surface area contributed by atoms with Crippen molar-refractivity contribution in [2.75, 3.05) is 62.8 Å². The number of benzene rings is 1. The molecule has 330 valence electrons. The number of alkyl halides is 2. The first-order valence-corrected chi connectivity index (χ1v) is 22.2. The van der Waals surface area contributed by atoms with Gasteiger partial charge in [0.1, 0.15) is 17.4 Å². The lowest BCUT2D eigenvalue weighted by Gasteiger charge is -2.36. The molecule has 3 saturated heterocycles. The van der Waals surface area contributed by atoms with E-state index in [4.69, 9.17) is 19.6 Å². The first-order valence-electron chi connectivity index (χ1n) is 22.2. The number of imide groups is 1.